The van der Waals surface area contributed by atoms with Crippen molar-refractivity contribution in [2.45, 2.75) is 13.0 Å². The van der Waals surface area contributed by atoms with Crippen LogP contribution in [-0.4, -0.2) is 21.8 Å². The monoisotopic (exact) mass is 354 g/mol. The van der Waals surface area contributed by atoms with Crippen LogP contribution in [0.5, 0.6) is 0 Å². The summed E-state index contributed by atoms with van der Waals surface area (Å²) in [5.74, 6) is 1.08. The van der Waals surface area contributed by atoms with E-state index in [-0.39, 0.29) is 0 Å². The average Bonchev–Trinajstić information content (AvgIpc) is 2.75. The largest absolute Gasteiger partial charge is 0.274 e. The summed E-state index contributed by atoms with van der Waals surface area (Å²) < 4.78 is 1.22. The fourth-order valence-electron chi connectivity index (χ4n) is 1.84. The van der Waals surface area contributed by atoms with Gasteiger partial charge in [-0.3, -0.25) is 9.98 Å². The number of rotatable bonds is 1. The first-order valence-electron chi connectivity index (χ1n) is 5.49. The van der Waals surface area contributed by atoms with Crippen molar-refractivity contribution < 1.29 is 0 Å². The van der Waals surface area contributed by atoms with Gasteiger partial charge in [0.05, 0.1) is 16.6 Å². The maximum absolute atomic E-state index is 4.62. The van der Waals surface area contributed by atoms with E-state index < -0.39 is 0 Å². The molecular formula is C13H11IN2S. The molecule has 2 aromatic rings. The highest BCUT2D eigenvalue weighted by Gasteiger charge is 2.15. The van der Waals surface area contributed by atoms with Crippen LogP contribution in [0.4, 0.5) is 0 Å². The average molecular weight is 354 g/mol. The highest BCUT2D eigenvalue weighted by Crippen LogP contribution is 2.25. The molecule has 4 heteroatoms. The van der Waals surface area contributed by atoms with Crippen molar-refractivity contribution in [3.8, 4) is 0 Å². The van der Waals surface area contributed by atoms with Gasteiger partial charge in [0.2, 0.25) is 0 Å². The molecule has 1 aromatic carbocycles. The molecular weight excluding hydrogens is 343 g/mol. The highest BCUT2D eigenvalue weighted by molar-refractivity contribution is 14.1. The lowest BCUT2D eigenvalue weighted by Gasteiger charge is -2.02. The fraction of sp³-hybridized carbons (Fsp3) is 0.231. The summed E-state index contributed by atoms with van der Waals surface area (Å²) in [6.07, 6.45) is 1.93. The van der Waals surface area contributed by atoms with E-state index in [9.17, 15) is 0 Å². The first-order chi connectivity index (χ1) is 8.22. The number of hydrogen-bond donors (Lipinski definition) is 0. The van der Waals surface area contributed by atoms with Crippen molar-refractivity contribution in [1.82, 2.24) is 4.98 Å². The minimum Gasteiger partial charge on any atom is -0.274 e. The SMILES string of the molecule is C[C@@H]1CSC(c2cnc3cc(I)ccc3c2)=N1. The topological polar surface area (TPSA) is 25.2 Å². The van der Waals surface area contributed by atoms with Gasteiger partial charge in [0.1, 0.15) is 0 Å². The highest BCUT2D eigenvalue weighted by atomic mass is 127. The van der Waals surface area contributed by atoms with Gasteiger partial charge in [0, 0.05) is 26.5 Å². The Morgan fingerprint density at radius 1 is 1.35 bits per heavy atom. The van der Waals surface area contributed by atoms with Crippen molar-refractivity contribution >= 4 is 50.3 Å². The van der Waals surface area contributed by atoms with Crippen LogP contribution in [0.2, 0.25) is 0 Å². The molecule has 0 fully saturated rings. The smallest absolute Gasteiger partial charge is 0.0996 e. The Balaban J connectivity index is 2.08. The molecule has 2 heterocycles. The van der Waals surface area contributed by atoms with E-state index >= 15 is 0 Å². The number of benzene rings is 1. The predicted molar refractivity (Wildman–Crippen MR) is 82.9 cm³/mol. The molecule has 0 saturated heterocycles. The summed E-state index contributed by atoms with van der Waals surface area (Å²) in [5, 5.41) is 2.32. The summed E-state index contributed by atoms with van der Waals surface area (Å²) in [5.41, 5.74) is 2.20. The first-order valence-corrected chi connectivity index (χ1v) is 7.55. The predicted octanol–water partition coefficient (Wildman–Crippen LogP) is 3.72. The number of aliphatic imine (C=N–C) groups is 1. The Kier molecular flexibility index (Phi) is 3.08. The maximum Gasteiger partial charge on any atom is 0.0996 e. The van der Waals surface area contributed by atoms with E-state index in [1.165, 1.54) is 8.96 Å². The van der Waals surface area contributed by atoms with Gasteiger partial charge in [0.15, 0.2) is 0 Å². The molecule has 0 saturated carbocycles. The molecule has 0 spiro atoms. The van der Waals surface area contributed by atoms with Crippen LogP contribution in [0.25, 0.3) is 10.9 Å². The number of hydrogen-bond acceptors (Lipinski definition) is 3. The Hall–Kier alpha value is -0.620. The number of pyridine rings is 1. The molecule has 1 aliphatic heterocycles. The standard InChI is InChI=1S/C13H11IN2S/c1-8-7-17-13(16-8)10-4-9-2-3-11(14)5-12(9)15-6-10/h2-6,8H,7H2,1H3/t8-/m1/s1. The van der Waals surface area contributed by atoms with Gasteiger partial charge < -0.3 is 0 Å². The normalized spacial score (nSPS) is 19.6. The number of aromatic nitrogens is 1. The van der Waals surface area contributed by atoms with E-state index in [0.717, 1.165) is 21.9 Å². The second kappa shape index (κ2) is 4.57. The van der Waals surface area contributed by atoms with Gasteiger partial charge in [-0.25, -0.2) is 0 Å². The molecule has 0 radical (unpaired) electrons. The van der Waals surface area contributed by atoms with Gasteiger partial charge in [-0.2, -0.15) is 0 Å². The third kappa shape index (κ3) is 2.33. The van der Waals surface area contributed by atoms with Crippen LogP contribution in [0.1, 0.15) is 12.5 Å². The molecule has 86 valence electrons. The molecule has 0 bridgehead atoms. The molecule has 0 aliphatic carbocycles. The Morgan fingerprint density at radius 3 is 3.00 bits per heavy atom. The van der Waals surface area contributed by atoms with Crippen molar-refractivity contribution in [1.29, 1.82) is 0 Å². The molecule has 3 rings (SSSR count). The van der Waals surface area contributed by atoms with Gasteiger partial charge in [-0.15, -0.1) is 11.8 Å². The Labute approximate surface area is 118 Å². The lowest BCUT2D eigenvalue weighted by Crippen LogP contribution is -1.94. The van der Waals surface area contributed by atoms with Gasteiger partial charge in [0.25, 0.3) is 0 Å². The van der Waals surface area contributed by atoms with Gasteiger partial charge >= 0.3 is 0 Å². The van der Waals surface area contributed by atoms with Crippen LogP contribution in [0.3, 0.4) is 0 Å². The zero-order valence-corrected chi connectivity index (χ0v) is 12.3. The number of thioether (sulfide) groups is 1. The molecule has 0 N–H and O–H groups in total. The molecule has 0 unspecified atom stereocenters. The van der Waals surface area contributed by atoms with Crippen LogP contribution in [-0.2, 0) is 0 Å². The fourth-order valence-corrected chi connectivity index (χ4v) is 3.32. The third-order valence-electron chi connectivity index (χ3n) is 2.69. The maximum atomic E-state index is 4.62. The number of fused-ring (bicyclic) bond motifs is 1. The molecule has 2 nitrogen and oxygen atoms in total. The van der Waals surface area contributed by atoms with Crippen LogP contribution < -0.4 is 0 Å². The van der Waals surface area contributed by atoms with Gasteiger partial charge in [-0.1, -0.05) is 6.07 Å². The Bertz CT molecular complexity index is 609. The zero-order chi connectivity index (χ0) is 11.8. The lowest BCUT2D eigenvalue weighted by molar-refractivity contribution is 0.865. The van der Waals surface area contributed by atoms with E-state index in [0.29, 0.717) is 6.04 Å². The minimum atomic E-state index is 0.433. The lowest BCUT2D eigenvalue weighted by atomic mass is 10.2. The molecule has 0 amide bonds. The van der Waals surface area contributed by atoms with E-state index in [2.05, 4.69) is 63.8 Å². The zero-order valence-electron chi connectivity index (χ0n) is 9.35. The van der Waals surface area contributed by atoms with Crippen LogP contribution in [0, 0.1) is 3.57 Å². The van der Waals surface area contributed by atoms with Crippen LogP contribution >= 0.6 is 34.4 Å². The van der Waals surface area contributed by atoms with Crippen molar-refractivity contribution in [2.75, 3.05) is 5.75 Å². The molecule has 17 heavy (non-hydrogen) atoms. The van der Waals surface area contributed by atoms with Crippen LogP contribution in [0.15, 0.2) is 35.5 Å². The van der Waals surface area contributed by atoms with Crippen molar-refractivity contribution in [3.63, 3.8) is 0 Å². The van der Waals surface area contributed by atoms with E-state index in [4.69, 9.17) is 0 Å². The molecule has 1 aromatic heterocycles. The second-order valence-corrected chi connectivity index (χ2v) is 6.41. The van der Waals surface area contributed by atoms with Gasteiger partial charge in [-0.05, 0) is 47.7 Å². The third-order valence-corrected chi connectivity index (χ3v) is 4.63. The summed E-state index contributed by atoms with van der Waals surface area (Å²) in [6.45, 7) is 2.15. The van der Waals surface area contributed by atoms with Crippen molar-refractivity contribution in [2.24, 2.45) is 4.99 Å². The Morgan fingerprint density at radius 2 is 2.24 bits per heavy atom. The second-order valence-electron chi connectivity index (χ2n) is 4.16. The summed E-state index contributed by atoms with van der Waals surface area (Å²) in [4.78, 5) is 9.13. The quantitative estimate of drug-likeness (QED) is 0.730. The summed E-state index contributed by atoms with van der Waals surface area (Å²) in [7, 11) is 0. The van der Waals surface area contributed by atoms with Crippen molar-refractivity contribution in [3.05, 3.63) is 39.6 Å². The van der Waals surface area contributed by atoms with E-state index in [1.807, 2.05) is 18.0 Å². The number of nitrogens with zero attached hydrogens (tertiary/aromatic N) is 2. The first kappa shape index (κ1) is 11.5. The van der Waals surface area contributed by atoms with E-state index in [1.54, 1.807) is 0 Å². The molecule has 1 aliphatic rings. The summed E-state index contributed by atoms with van der Waals surface area (Å²) >= 11 is 4.13. The summed E-state index contributed by atoms with van der Waals surface area (Å²) in [6, 6.07) is 8.95. The minimum absolute atomic E-state index is 0.433. The number of halogens is 1. The molecule has 1 atom stereocenters.